The molecule has 2 aromatic carbocycles. The van der Waals surface area contributed by atoms with Crippen LogP contribution in [0.3, 0.4) is 0 Å². The maximum Gasteiger partial charge on any atom is 0.231 e. The van der Waals surface area contributed by atoms with Gasteiger partial charge in [0.1, 0.15) is 5.82 Å². The lowest BCUT2D eigenvalue weighted by Gasteiger charge is -2.31. The topological polar surface area (TPSA) is 69.5 Å². The Bertz CT molecular complexity index is 1090. The van der Waals surface area contributed by atoms with Gasteiger partial charge in [-0.3, -0.25) is 4.79 Å². The fourth-order valence-corrected chi connectivity index (χ4v) is 5.13. The number of amides is 1. The van der Waals surface area contributed by atoms with Gasteiger partial charge in [-0.05, 0) is 36.1 Å². The van der Waals surface area contributed by atoms with Gasteiger partial charge >= 0.3 is 0 Å². The molecule has 0 saturated carbocycles. The number of likely N-dealkylation sites (tertiary alicyclic amines) is 1. The molecule has 1 saturated heterocycles. The number of hydrogen-bond acceptors (Lipinski definition) is 6. The number of aromatic nitrogens is 3. The summed E-state index contributed by atoms with van der Waals surface area (Å²) in [5.74, 6) is 3.83. The standard InChI is InChI=1S/C24H26N4O3S/c1-27-23(25-26-24(27)32-15-17-5-3-2-4-6-17)19-9-11-28(12-10-19)22(29)14-18-7-8-20-21(13-18)31-16-30-20/h2-8,13,19H,9-12,14-16H2,1H3. The van der Waals surface area contributed by atoms with Crippen LogP contribution in [-0.2, 0) is 24.0 Å². The Balaban J connectivity index is 1.15. The number of benzene rings is 2. The number of ether oxygens (including phenoxy) is 2. The molecule has 166 valence electrons. The van der Waals surface area contributed by atoms with Crippen molar-refractivity contribution in [1.29, 1.82) is 0 Å². The van der Waals surface area contributed by atoms with E-state index in [4.69, 9.17) is 9.47 Å². The van der Waals surface area contributed by atoms with Crippen molar-refractivity contribution in [3.63, 3.8) is 0 Å². The Hall–Kier alpha value is -3.00. The Kier molecular flexibility index (Phi) is 6.03. The molecule has 0 spiro atoms. The molecule has 2 aliphatic heterocycles. The van der Waals surface area contributed by atoms with Gasteiger partial charge in [0.05, 0.1) is 6.42 Å². The molecule has 0 bridgehead atoms. The average Bonchev–Trinajstić information content (AvgIpc) is 3.44. The fraction of sp³-hybridized carbons (Fsp3) is 0.375. The Morgan fingerprint density at radius 2 is 1.81 bits per heavy atom. The molecule has 32 heavy (non-hydrogen) atoms. The minimum Gasteiger partial charge on any atom is -0.454 e. The van der Waals surface area contributed by atoms with Crippen LogP contribution in [0.1, 0.15) is 35.7 Å². The second kappa shape index (κ2) is 9.24. The van der Waals surface area contributed by atoms with Crippen LogP contribution in [0.4, 0.5) is 0 Å². The van der Waals surface area contributed by atoms with E-state index in [2.05, 4.69) is 39.0 Å². The molecule has 0 aliphatic carbocycles. The van der Waals surface area contributed by atoms with E-state index in [1.54, 1.807) is 11.8 Å². The van der Waals surface area contributed by atoms with Crippen LogP contribution in [0.5, 0.6) is 11.5 Å². The van der Waals surface area contributed by atoms with Gasteiger partial charge < -0.3 is 18.9 Å². The summed E-state index contributed by atoms with van der Waals surface area (Å²) in [6, 6.07) is 16.1. The Labute approximate surface area is 191 Å². The summed E-state index contributed by atoms with van der Waals surface area (Å²) in [5, 5.41) is 9.84. The largest absolute Gasteiger partial charge is 0.454 e. The minimum atomic E-state index is 0.152. The Morgan fingerprint density at radius 3 is 2.62 bits per heavy atom. The van der Waals surface area contributed by atoms with Gasteiger partial charge in [-0.2, -0.15) is 0 Å². The van der Waals surface area contributed by atoms with Gasteiger partial charge in [0.2, 0.25) is 12.7 Å². The maximum absolute atomic E-state index is 12.8. The lowest BCUT2D eigenvalue weighted by atomic mass is 9.95. The summed E-state index contributed by atoms with van der Waals surface area (Å²) in [6.07, 6.45) is 2.19. The molecule has 0 radical (unpaired) electrons. The number of carbonyl (C=O) groups excluding carboxylic acids is 1. The van der Waals surface area contributed by atoms with E-state index in [0.29, 0.717) is 12.3 Å². The number of rotatable bonds is 6. The van der Waals surface area contributed by atoms with E-state index in [1.165, 1.54) is 5.56 Å². The molecule has 0 atom stereocenters. The van der Waals surface area contributed by atoms with Gasteiger partial charge in [-0.15, -0.1) is 10.2 Å². The SMILES string of the molecule is Cn1c(SCc2ccccc2)nnc1C1CCN(C(=O)Cc2ccc3c(c2)OCO3)CC1. The predicted molar refractivity (Wildman–Crippen MR) is 122 cm³/mol. The molecular weight excluding hydrogens is 424 g/mol. The highest BCUT2D eigenvalue weighted by atomic mass is 32.2. The summed E-state index contributed by atoms with van der Waals surface area (Å²) in [6.45, 7) is 1.73. The van der Waals surface area contributed by atoms with Crippen molar-refractivity contribution in [3.05, 3.63) is 65.5 Å². The second-order valence-electron chi connectivity index (χ2n) is 8.19. The first-order valence-electron chi connectivity index (χ1n) is 10.9. The lowest BCUT2D eigenvalue weighted by Crippen LogP contribution is -2.39. The van der Waals surface area contributed by atoms with E-state index in [0.717, 1.165) is 59.7 Å². The van der Waals surface area contributed by atoms with E-state index >= 15 is 0 Å². The highest BCUT2D eigenvalue weighted by molar-refractivity contribution is 7.98. The third kappa shape index (κ3) is 4.46. The quantitative estimate of drug-likeness (QED) is 0.533. The molecule has 3 aromatic rings. The lowest BCUT2D eigenvalue weighted by molar-refractivity contribution is -0.131. The molecule has 2 aliphatic rings. The molecule has 3 heterocycles. The van der Waals surface area contributed by atoms with E-state index in [9.17, 15) is 4.79 Å². The molecule has 1 aromatic heterocycles. The van der Waals surface area contributed by atoms with Crippen molar-refractivity contribution in [2.24, 2.45) is 7.05 Å². The van der Waals surface area contributed by atoms with E-state index in [-0.39, 0.29) is 12.7 Å². The molecule has 1 amide bonds. The van der Waals surface area contributed by atoms with Crippen LogP contribution in [0.25, 0.3) is 0 Å². The smallest absolute Gasteiger partial charge is 0.231 e. The van der Waals surface area contributed by atoms with Crippen molar-refractivity contribution in [3.8, 4) is 11.5 Å². The van der Waals surface area contributed by atoms with Crippen LogP contribution < -0.4 is 9.47 Å². The summed E-state index contributed by atoms with van der Waals surface area (Å²) < 4.78 is 12.9. The highest BCUT2D eigenvalue weighted by Crippen LogP contribution is 2.33. The number of fused-ring (bicyclic) bond motifs is 1. The molecule has 7 nitrogen and oxygen atoms in total. The zero-order chi connectivity index (χ0) is 21.9. The van der Waals surface area contributed by atoms with Crippen molar-refractivity contribution < 1.29 is 14.3 Å². The predicted octanol–water partition coefficient (Wildman–Crippen LogP) is 3.78. The summed E-state index contributed by atoms with van der Waals surface area (Å²) in [4.78, 5) is 14.8. The van der Waals surface area contributed by atoms with Gasteiger partial charge in [-0.25, -0.2) is 0 Å². The first-order chi connectivity index (χ1) is 15.7. The molecule has 5 rings (SSSR count). The molecule has 0 unspecified atom stereocenters. The summed E-state index contributed by atoms with van der Waals surface area (Å²) in [7, 11) is 2.04. The van der Waals surface area contributed by atoms with Crippen molar-refractivity contribution in [2.75, 3.05) is 19.9 Å². The van der Waals surface area contributed by atoms with Crippen molar-refractivity contribution in [1.82, 2.24) is 19.7 Å². The number of thioether (sulfide) groups is 1. The molecular formula is C24H26N4O3S. The number of hydrogen-bond donors (Lipinski definition) is 0. The third-order valence-electron chi connectivity index (χ3n) is 6.08. The first-order valence-corrected chi connectivity index (χ1v) is 11.9. The maximum atomic E-state index is 12.8. The summed E-state index contributed by atoms with van der Waals surface area (Å²) >= 11 is 1.71. The van der Waals surface area contributed by atoms with Gasteiger partial charge in [0.25, 0.3) is 0 Å². The third-order valence-corrected chi connectivity index (χ3v) is 7.18. The van der Waals surface area contributed by atoms with Gasteiger partial charge in [0.15, 0.2) is 16.7 Å². The minimum absolute atomic E-state index is 0.152. The van der Waals surface area contributed by atoms with Gasteiger partial charge in [-0.1, -0.05) is 48.2 Å². The highest BCUT2D eigenvalue weighted by Gasteiger charge is 2.27. The van der Waals surface area contributed by atoms with Crippen LogP contribution in [0, 0.1) is 0 Å². The van der Waals surface area contributed by atoms with Crippen molar-refractivity contribution in [2.45, 2.75) is 36.1 Å². The average molecular weight is 451 g/mol. The number of carbonyl (C=O) groups is 1. The first kappa shape index (κ1) is 20.9. The van der Waals surface area contributed by atoms with Crippen LogP contribution in [0.2, 0.25) is 0 Å². The van der Waals surface area contributed by atoms with Gasteiger partial charge in [0, 0.05) is 31.8 Å². The zero-order valence-electron chi connectivity index (χ0n) is 18.1. The normalized spacial score (nSPS) is 15.8. The van der Waals surface area contributed by atoms with Crippen LogP contribution in [-0.4, -0.2) is 45.5 Å². The molecule has 0 N–H and O–H groups in total. The summed E-state index contributed by atoms with van der Waals surface area (Å²) in [5.41, 5.74) is 2.23. The zero-order valence-corrected chi connectivity index (χ0v) is 18.9. The van der Waals surface area contributed by atoms with Crippen LogP contribution >= 0.6 is 11.8 Å². The van der Waals surface area contributed by atoms with E-state index in [1.807, 2.05) is 36.2 Å². The number of piperidine rings is 1. The Morgan fingerprint density at radius 1 is 1.03 bits per heavy atom. The fourth-order valence-electron chi connectivity index (χ4n) is 4.25. The van der Waals surface area contributed by atoms with Crippen LogP contribution in [0.15, 0.2) is 53.7 Å². The second-order valence-corrected chi connectivity index (χ2v) is 9.14. The molecule has 8 heteroatoms. The number of nitrogens with zero attached hydrogens (tertiary/aromatic N) is 4. The van der Waals surface area contributed by atoms with E-state index < -0.39 is 0 Å². The van der Waals surface area contributed by atoms with Crippen molar-refractivity contribution >= 4 is 17.7 Å². The monoisotopic (exact) mass is 450 g/mol. The molecule has 1 fully saturated rings.